The van der Waals surface area contributed by atoms with E-state index in [4.69, 9.17) is 4.74 Å². The first-order valence-electron chi connectivity index (χ1n) is 4.50. The van der Waals surface area contributed by atoms with Gasteiger partial charge in [0.05, 0.1) is 18.8 Å². The monoisotopic (exact) mass is 182 g/mol. The van der Waals surface area contributed by atoms with Crippen molar-refractivity contribution in [2.24, 2.45) is 0 Å². The highest BCUT2D eigenvalue weighted by Gasteiger charge is 2.17. The number of nitrogens with one attached hydrogen (secondary N) is 1. The van der Waals surface area contributed by atoms with Crippen LogP contribution in [0.4, 0.5) is 0 Å². The van der Waals surface area contributed by atoms with Crippen molar-refractivity contribution in [3.8, 4) is 0 Å². The van der Waals surface area contributed by atoms with Gasteiger partial charge < -0.3 is 10.1 Å². The van der Waals surface area contributed by atoms with Crippen molar-refractivity contribution in [3.05, 3.63) is 11.9 Å². The molecule has 0 bridgehead atoms. The third-order valence-corrected chi connectivity index (χ3v) is 2.26. The average Bonchev–Trinajstić information content (AvgIpc) is 2.70. The third kappa shape index (κ3) is 1.87. The highest BCUT2D eigenvalue weighted by atomic mass is 16.5. The number of hydrogen-bond donors (Lipinski definition) is 1. The summed E-state index contributed by atoms with van der Waals surface area (Å²) < 4.78 is 6.90. The summed E-state index contributed by atoms with van der Waals surface area (Å²) in [5.41, 5.74) is 0.898. The predicted octanol–water partition coefficient (Wildman–Crippen LogP) is -0.0411. The van der Waals surface area contributed by atoms with Gasteiger partial charge in [0, 0.05) is 13.7 Å². The first-order valence-corrected chi connectivity index (χ1v) is 4.50. The van der Waals surface area contributed by atoms with E-state index in [0.717, 1.165) is 25.2 Å². The van der Waals surface area contributed by atoms with Crippen molar-refractivity contribution < 1.29 is 4.74 Å². The maximum atomic E-state index is 4.97. The minimum atomic E-state index is 0.470. The second kappa shape index (κ2) is 3.85. The molecular weight excluding hydrogens is 168 g/mol. The molecule has 1 aliphatic heterocycles. The van der Waals surface area contributed by atoms with Gasteiger partial charge in [-0.1, -0.05) is 5.21 Å². The van der Waals surface area contributed by atoms with Crippen LogP contribution in [0.25, 0.3) is 0 Å². The SMILES string of the molecule is COCc1cn([C@@H]2CCNC2)nn1. The highest BCUT2D eigenvalue weighted by molar-refractivity contribution is 4.92. The topological polar surface area (TPSA) is 52.0 Å². The Balaban J connectivity index is 2.03. The van der Waals surface area contributed by atoms with E-state index in [1.807, 2.05) is 10.9 Å². The van der Waals surface area contributed by atoms with Gasteiger partial charge in [-0.3, -0.25) is 0 Å². The zero-order valence-electron chi connectivity index (χ0n) is 7.73. The first kappa shape index (κ1) is 8.65. The van der Waals surface area contributed by atoms with Crippen LogP contribution in [0.15, 0.2) is 6.20 Å². The van der Waals surface area contributed by atoms with Crippen LogP contribution >= 0.6 is 0 Å². The Morgan fingerprint density at radius 3 is 3.38 bits per heavy atom. The summed E-state index contributed by atoms with van der Waals surface area (Å²) in [5.74, 6) is 0. The van der Waals surface area contributed by atoms with E-state index in [1.165, 1.54) is 0 Å². The Morgan fingerprint density at radius 2 is 2.69 bits per heavy atom. The molecule has 2 rings (SSSR count). The molecule has 2 heterocycles. The van der Waals surface area contributed by atoms with Gasteiger partial charge in [0.1, 0.15) is 5.69 Å². The van der Waals surface area contributed by atoms with Gasteiger partial charge in [-0.05, 0) is 13.0 Å². The van der Waals surface area contributed by atoms with E-state index >= 15 is 0 Å². The molecule has 1 fully saturated rings. The van der Waals surface area contributed by atoms with E-state index in [-0.39, 0.29) is 0 Å². The Morgan fingerprint density at radius 1 is 1.77 bits per heavy atom. The predicted molar refractivity (Wildman–Crippen MR) is 47.3 cm³/mol. The average molecular weight is 182 g/mol. The molecule has 72 valence electrons. The normalized spacial score (nSPS) is 22.4. The summed E-state index contributed by atoms with van der Waals surface area (Å²) in [4.78, 5) is 0. The Kier molecular flexibility index (Phi) is 2.56. The minimum Gasteiger partial charge on any atom is -0.378 e. The van der Waals surface area contributed by atoms with E-state index in [0.29, 0.717) is 12.6 Å². The van der Waals surface area contributed by atoms with Crippen molar-refractivity contribution in [1.29, 1.82) is 0 Å². The quantitative estimate of drug-likeness (QED) is 0.712. The molecule has 1 aromatic rings. The zero-order chi connectivity index (χ0) is 9.10. The molecule has 1 aromatic heterocycles. The van der Waals surface area contributed by atoms with Crippen LogP contribution in [0.2, 0.25) is 0 Å². The van der Waals surface area contributed by atoms with Gasteiger partial charge >= 0.3 is 0 Å². The van der Waals surface area contributed by atoms with Gasteiger partial charge in [-0.25, -0.2) is 4.68 Å². The molecule has 1 N–H and O–H groups in total. The molecule has 0 aliphatic carbocycles. The molecule has 0 spiro atoms. The summed E-state index contributed by atoms with van der Waals surface area (Å²) >= 11 is 0. The maximum Gasteiger partial charge on any atom is 0.108 e. The lowest BCUT2D eigenvalue weighted by atomic mass is 10.3. The van der Waals surface area contributed by atoms with Gasteiger partial charge in [0.2, 0.25) is 0 Å². The number of hydrogen-bond acceptors (Lipinski definition) is 4. The smallest absolute Gasteiger partial charge is 0.108 e. The lowest BCUT2D eigenvalue weighted by Gasteiger charge is -2.05. The minimum absolute atomic E-state index is 0.470. The van der Waals surface area contributed by atoms with Crippen molar-refractivity contribution in [1.82, 2.24) is 20.3 Å². The van der Waals surface area contributed by atoms with Crippen LogP contribution in [0.5, 0.6) is 0 Å². The molecule has 0 saturated carbocycles. The molecule has 0 aromatic carbocycles. The fraction of sp³-hybridized carbons (Fsp3) is 0.750. The lowest BCUT2D eigenvalue weighted by Crippen LogP contribution is -2.13. The molecule has 0 radical (unpaired) electrons. The Hall–Kier alpha value is -0.940. The first-order chi connectivity index (χ1) is 6.40. The summed E-state index contributed by atoms with van der Waals surface area (Å²) in [6.07, 6.45) is 3.09. The molecule has 5 heteroatoms. The molecule has 0 unspecified atom stereocenters. The number of ether oxygens (including phenoxy) is 1. The van der Waals surface area contributed by atoms with E-state index in [1.54, 1.807) is 7.11 Å². The summed E-state index contributed by atoms with van der Waals surface area (Å²) in [6.45, 7) is 2.61. The van der Waals surface area contributed by atoms with Crippen LogP contribution < -0.4 is 5.32 Å². The van der Waals surface area contributed by atoms with E-state index in [2.05, 4.69) is 15.6 Å². The van der Waals surface area contributed by atoms with Crippen molar-refractivity contribution in [2.45, 2.75) is 19.1 Å². The van der Waals surface area contributed by atoms with Crippen molar-refractivity contribution in [3.63, 3.8) is 0 Å². The fourth-order valence-corrected chi connectivity index (χ4v) is 1.57. The summed E-state index contributed by atoms with van der Waals surface area (Å²) in [6, 6.07) is 0.470. The van der Waals surface area contributed by atoms with E-state index < -0.39 is 0 Å². The van der Waals surface area contributed by atoms with Gasteiger partial charge in [-0.2, -0.15) is 0 Å². The Labute approximate surface area is 77.1 Å². The molecule has 13 heavy (non-hydrogen) atoms. The van der Waals surface area contributed by atoms with Crippen LogP contribution in [-0.2, 0) is 11.3 Å². The molecule has 1 aliphatic rings. The number of rotatable bonds is 3. The van der Waals surface area contributed by atoms with Gasteiger partial charge in [0.15, 0.2) is 0 Å². The Bertz CT molecular complexity index is 267. The fourth-order valence-electron chi connectivity index (χ4n) is 1.57. The lowest BCUT2D eigenvalue weighted by molar-refractivity contribution is 0.181. The zero-order valence-corrected chi connectivity index (χ0v) is 7.73. The molecule has 1 atom stereocenters. The molecule has 5 nitrogen and oxygen atoms in total. The van der Waals surface area contributed by atoms with Crippen LogP contribution in [0.3, 0.4) is 0 Å². The van der Waals surface area contributed by atoms with Crippen molar-refractivity contribution >= 4 is 0 Å². The highest BCUT2D eigenvalue weighted by Crippen LogP contribution is 2.13. The second-order valence-electron chi connectivity index (χ2n) is 3.27. The molecule has 0 amide bonds. The van der Waals surface area contributed by atoms with Crippen LogP contribution in [-0.4, -0.2) is 35.2 Å². The van der Waals surface area contributed by atoms with Crippen LogP contribution in [0.1, 0.15) is 18.2 Å². The second-order valence-corrected chi connectivity index (χ2v) is 3.27. The van der Waals surface area contributed by atoms with E-state index in [9.17, 15) is 0 Å². The van der Waals surface area contributed by atoms with Crippen molar-refractivity contribution in [2.75, 3.05) is 20.2 Å². The molecular formula is C8H14N4O. The summed E-state index contributed by atoms with van der Waals surface area (Å²) in [7, 11) is 1.66. The molecule has 1 saturated heterocycles. The van der Waals surface area contributed by atoms with Gasteiger partial charge in [0.25, 0.3) is 0 Å². The number of nitrogens with zero attached hydrogens (tertiary/aromatic N) is 3. The summed E-state index contributed by atoms with van der Waals surface area (Å²) in [5, 5.41) is 11.4. The third-order valence-electron chi connectivity index (χ3n) is 2.26. The number of aromatic nitrogens is 3. The standard InChI is InChI=1S/C8H14N4O/c1-13-6-7-5-12(11-10-7)8-2-3-9-4-8/h5,8-9H,2-4,6H2,1H3/t8-/m1/s1. The van der Waals surface area contributed by atoms with Gasteiger partial charge in [-0.15, -0.1) is 5.10 Å². The van der Waals surface area contributed by atoms with Crippen LogP contribution in [0, 0.1) is 0 Å². The maximum absolute atomic E-state index is 4.97. The number of methoxy groups -OCH3 is 1. The largest absolute Gasteiger partial charge is 0.378 e.